The van der Waals surface area contributed by atoms with Gasteiger partial charge >= 0.3 is 12.1 Å². The van der Waals surface area contributed by atoms with Gasteiger partial charge in [-0.1, -0.05) is 30.3 Å². The van der Waals surface area contributed by atoms with Crippen LogP contribution in [0.3, 0.4) is 0 Å². The van der Waals surface area contributed by atoms with Crippen molar-refractivity contribution in [2.75, 3.05) is 6.61 Å². The molecule has 0 N–H and O–H groups in total. The van der Waals surface area contributed by atoms with E-state index < -0.39 is 30.3 Å². The summed E-state index contributed by atoms with van der Waals surface area (Å²) in [7, 11) is 0. The van der Waals surface area contributed by atoms with E-state index in [1.54, 1.807) is 37.3 Å². The van der Waals surface area contributed by atoms with E-state index in [0.29, 0.717) is 5.56 Å². The SMILES string of the molecule is CCOC(=O)C(CC(=O)C(F)(F)F)Cc1ccccc1. The van der Waals surface area contributed by atoms with E-state index in [2.05, 4.69) is 0 Å². The summed E-state index contributed by atoms with van der Waals surface area (Å²) in [4.78, 5) is 22.7. The molecule has 0 radical (unpaired) electrons. The van der Waals surface area contributed by atoms with Gasteiger partial charge in [-0.2, -0.15) is 13.2 Å². The molecule has 0 heterocycles. The van der Waals surface area contributed by atoms with Gasteiger partial charge in [0, 0.05) is 6.42 Å². The number of hydrogen-bond donors (Lipinski definition) is 0. The van der Waals surface area contributed by atoms with Gasteiger partial charge in [-0.3, -0.25) is 9.59 Å². The number of halogens is 3. The average molecular weight is 288 g/mol. The van der Waals surface area contributed by atoms with Crippen molar-refractivity contribution in [2.24, 2.45) is 5.92 Å². The summed E-state index contributed by atoms with van der Waals surface area (Å²) < 4.78 is 41.6. The van der Waals surface area contributed by atoms with Crippen LogP contribution in [-0.2, 0) is 20.7 Å². The Labute approximate surface area is 114 Å². The minimum Gasteiger partial charge on any atom is -0.466 e. The lowest BCUT2D eigenvalue weighted by Crippen LogP contribution is -2.30. The van der Waals surface area contributed by atoms with Crippen LogP contribution in [-0.4, -0.2) is 24.5 Å². The van der Waals surface area contributed by atoms with Crippen LogP contribution < -0.4 is 0 Å². The molecule has 0 aliphatic carbocycles. The normalized spacial score (nSPS) is 12.8. The molecule has 0 aliphatic heterocycles. The number of ketones is 1. The van der Waals surface area contributed by atoms with Crippen molar-refractivity contribution in [3.8, 4) is 0 Å². The van der Waals surface area contributed by atoms with Crippen molar-refractivity contribution in [2.45, 2.75) is 25.9 Å². The summed E-state index contributed by atoms with van der Waals surface area (Å²) >= 11 is 0. The zero-order valence-corrected chi connectivity index (χ0v) is 10.9. The molecular formula is C14H15F3O3. The number of hydrogen-bond acceptors (Lipinski definition) is 3. The van der Waals surface area contributed by atoms with E-state index in [9.17, 15) is 22.8 Å². The van der Waals surface area contributed by atoms with Crippen molar-refractivity contribution in [1.82, 2.24) is 0 Å². The van der Waals surface area contributed by atoms with Gasteiger partial charge in [0.1, 0.15) is 0 Å². The minimum atomic E-state index is -4.93. The number of esters is 1. The smallest absolute Gasteiger partial charge is 0.449 e. The molecule has 0 fully saturated rings. The first-order valence-corrected chi connectivity index (χ1v) is 6.15. The van der Waals surface area contributed by atoms with Gasteiger partial charge in [-0.15, -0.1) is 0 Å². The first-order valence-electron chi connectivity index (χ1n) is 6.15. The molecule has 6 heteroatoms. The molecule has 0 aliphatic rings. The quantitative estimate of drug-likeness (QED) is 0.756. The summed E-state index contributed by atoms with van der Waals surface area (Å²) in [6.07, 6.45) is -5.78. The van der Waals surface area contributed by atoms with Crippen LogP contribution in [0.25, 0.3) is 0 Å². The zero-order chi connectivity index (χ0) is 15.2. The number of Topliss-reactive ketones (excluding diaryl/α,β-unsaturated/α-hetero) is 1. The number of rotatable bonds is 6. The summed E-state index contributed by atoms with van der Waals surface area (Å²) in [6.45, 7) is 1.62. The molecule has 1 aromatic carbocycles. The molecule has 1 atom stereocenters. The van der Waals surface area contributed by atoms with Gasteiger partial charge in [0.2, 0.25) is 5.78 Å². The Bertz CT molecular complexity index is 454. The van der Waals surface area contributed by atoms with Gasteiger partial charge in [-0.25, -0.2) is 0 Å². The number of carbonyl (C=O) groups excluding carboxylic acids is 2. The second-order valence-electron chi connectivity index (χ2n) is 4.26. The Hall–Kier alpha value is -1.85. The van der Waals surface area contributed by atoms with Gasteiger partial charge < -0.3 is 4.74 Å². The number of carbonyl (C=O) groups is 2. The highest BCUT2D eigenvalue weighted by atomic mass is 19.4. The zero-order valence-electron chi connectivity index (χ0n) is 10.9. The lowest BCUT2D eigenvalue weighted by atomic mass is 9.94. The second kappa shape index (κ2) is 7.07. The molecule has 0 saturated carbocycles. The van der Waals surface area contributed by atoms with Crippen LogP contribution in [0.5, 0.6) is 0 Å². The first-order chi connectivity index (χ1) is 9.34. The fourth-order valence-corrected chi connectivity index (χ4v) is 1.74. The lowest BCUT2D eigenvalue weighted by Gasteiger charge is -2.15. The molecular weight excluding hydrogens is 273 g/mol. The van der Waals surface area contributed by atoms with Gasteiger partial charge in [0.05, 0.1) is 12.5 Å². The predicted molar refractivity (Wildman–Crippen MR) is 65.9 cm³/mol. The third kappa shape index (κ3) is 5.03. The van der Waals surface area contributed by atoms with E-state index in [-0.39, 0.29) is 13.0 Å². The van der Waals surface area contributed by atoms with Crippen molar-refractivity contribution in [3.05, 3.63) is 35.9 Å². The van der Waals surface area contributed by atoms with Crippen molar-refractivity contribution < 1.29 is 27.5 Å². The van der Waals surface area contributed by atoms with Crippen LogP contribution >= 0.6 is 0 Å². The maximum Gasteiger partial charge on any atom is 0.449 e. The number of ether oxygens (including phenoxy) is 1. The monoisotopic (exact) mass is 288 g/mol. The molecule has 0 saturated heterocycles. The molecule has 1 unspecified atom stereocenters. The summed E-state index contributed by atoms with van der Waals surface area (Å²) in [5.41, 5.74) is 0.681. The largest absolute Gasteiger partial charge is 0.466 e. The lowest BCUT2D eigenvalue weighted by molar-refractivity contribution is -0.173. The highest BCUT2D eigenvalue weighted by Crippen LogP contribution is 2.23. The molecule has 20 heavy (non-hydrogen) atoms. The molecule has 0 bridgehead atoms. The molecule has 0 spiro atoms. The Morgan fingerprint density at radius 3 is 2.30 bits per heavy atom. The second-order valence-corrected chi connectivity index (χ2v) is 4.26. The molecule has 1 aromatic rings. The topological polar surface area (TPSA) is 43.4 Å². The molecule has 3 nitrogen and oxygen atoms in total. The Balaban J connectivity index is 2.81. The predicted octanol–water partition coefficient (Wildman–Crippen LogP) is 2.93. The van der Waals surface area contributed by atoms with Gasteiger partial charge in [-0.05, 0) is 18.9 Å². The van der Waals surface area contributed by atoms with E-state index in [1.165, 1.54) is 0 Å². The summed E-state index contributed by atoms with van der Waals surface area (Å²) in [5.74, 6) is -3.81. The molecule has 0 aromatic heterocycles. The average Bonchev–Trinajstić information content (AvgIpc) is 2.38. The standard InChI is InChI=1S/C14H15F3O3/c1-2-20-13(19)11(9-12(18)14(15,16)17)8-10-6-4-3-5-7-10/h3-7,11H,2,8-9H2,1H3. The Kier molecular flexibility index (Phi) is 5.73. The van der Waals surface area contributed by atoms with Crippen LogP contribution in [0.1, 0.15) is 18.9 Å². The summed E-state index contributed by atoms with van der Waals surface area (Å²) in [6, 6.07) is 8.55. The highest BCUT2D eigenvalue weighted by molar-refractivity contribution is 5.88. The van der Waals surface area contributed by atoms with Gasteiger partial charge in [0.15, 0.2) is 0 Å². The molecule has 0 amide bonds. The maximum atomic E-state index is 12.3. The number of alkyl halides is 3. The van der Waals surface area contributed by atoms with Crippen LogP contribution in [0.15, 0.2) is 30.3 Å². The summed E-state index contributed by atoms with van der Waals surface area (Å²) in [5, 5.41) is 0. The van der Waals surface area contributed by atoms with E-state index in [4.69, 9.17) is 4.74 Å². The van der Waals surface area contributed by atoms with Crippen molar-refractivity contribution in [1.29, 1.82) is 0 Å². The third-order valence-electron chi connectivity index (χ3n) is 2.69. The molecule has 1 rings (SSSR count). The maximum absolute atomic E-state index is 12.3. The number of benzene rings is 1. The van der Waals surface area contributed by atoms with Gasteiger partial charge in [0.25, 0.3) is 0 Å². The van der Waals surface area contributed by atoms with Crippen molar-refractivity contribution in [3.63, 3.8) is 0 Å². The Morgan fingerprint density at radius 2 is 1.80 bits per heavy atom. The highest BCUT2D eigenvalue weighted by Gasteiger charge is 2.40. The minimum absolute atomic E-state index is 0.0431. The van der Waals surface area contributed by atoms with Crippen molar-refractivity contribution >= 4 is 11.8 Å². The van der Waals surface area contributed by atoms with E-state index >= 15 is 0 Å². The molecule has 110 valence electrons. The van der Waals surface area contributed by atoms with E-state index in [0.717, 1.165) is 0 Å². The third-order valence-corrected chi connectivity index (χ3v) is 2.69. The fourth-order valence-electron chi connectivity index (χ4n) is 1.74. The van der Waals surface area contributed by atoms with Crippen LogP contribution in [0, 0.1) is 5.92 Å². The van der Waals surface area contributed by atoms with Crippen LogP contribution in [0.4, 0.5) is 13.2 Å². The first kappa shape index (κ1) is 16.2. The van der Waals surface area contributed by atoms with Crippen LogP contribution in [0.2, 0.25) is 0 Å². The van der Waals surface area contributed by atoms with E-state index in [1.807, 2.05) is 0 Å². The Morgan fingerprint density at radius 1 is 1.20 bits per heavy atom. The fraction of sp³-hybridized carbons (Fsp3) is 0.429.